The molecule has 0 fully saturated rings. The molecule has 1 atom stereocenters. The van der Waals surface area contributed by atoms with E-state index in [-0.39, 0.29) is 5.38 Å². The Labute approximate surface area is 135 Å². The molecule has 0 amide bonds. The molecular weight excluding hydrogens is 332 g/mol. The van der Waals surface area contributed by atoms with Gasteiger partial charge in [-0.1, -0.05) is 28.1 Å². The van der Waals surface area contributed by atoms with Gasteiger partial charge in [-0.25, -0.2) is 0 Å². The first-order valence-electron chi connectivity index (χ1n) is 6.80. The summed E-state index contributed by atoms with van der Waals surface area (Å²) >= 11 is 10.3. The van der Waals surface area contributed by atoms with Crippen molar-refractivity contribution in [3.8, 4) is 0 Å². The number of halogens is 2. The van der Waals surface area contributed by atoms with Gasteiger partial charge in [-0.3, -0.25) is 0 Å². The second kappa shape index (κ2) is 5.91. The van der Waals surface area contributed by atoms with Crippen LogP contribution >= 0.6 is 27.5 Å². The van der Waals surface area contributed by atoms with Crippen molar-refractivity contribution in [2.45, 2.75) is 40.0 Å². The summed E-state index contributed by atoms with van der Waals surface area (Å²) in [4.78, 5) is 0. The number of hydrogen-bond acceptors (Lipinski definition) is 0. The Morgan fingerprint density at radius 1 is 0.850 bits per heavy atom. The molecule has 0 bridgehead atoms. The Morgan fingerprint density at radius 3 is 1.90 bits per heavy atom. The Balaban J connectivity index is 2.62. The van der Waals surface area contributed by atoms with E-state index >= 15 is 0 Å². The first-order chi connectivity index (χ1) is 9.32. The highest BCUT2D eigenvalue weighted by molar-refractivity contribution is 9.10. The van der Waals surface area contributed by atoms with E-state index in [9.17, 15) is 0 Å². The van der Waals surface area contributed by atoms with E-state index in [4.69, 9.17) is 11.6 Å². The quantitative estimate of drug-likeness (QED) is 0.555. The average molecular weight is 352 g/mol. The highest BCUT2D eigenvalue weighted by Crippen LogP contribution is 2.37. The fourth-order valence-corrected chi connectivity index (χ4v) is 3.75. The van der Waals surface area contributed by atoms with Crippen molar-refractivity contribution in [2.75, 3.05) is 0 Å². The lowest BCUT2D eigenvalue weighted by Gasteiger charge is -2.21. The van der Waals surface area contributed by atoms with Gasteiger partial charge < -0.3 is 0 Å². The minimum Gasteiger partial charge on any atom is -0.113 e. The molecule has 0 radical (unpaired) electrons. The Kier molecular flexibility index (Phi) is 4.61. The first-order valence-corrected chi connectivity index (χ1v) is 8.03. The van der Waals surface area contributed by atoms with Crippen molar-refractivity contribution in [1.82, 2.24) is 0 Å². The van der Waals surface area contributed by atoms with Crippen LogP contribution in [0.3, 0.4) is 0 Å². The summed E-state index contributed by atoms with van der Waals surface area (Å²) in [7, 11) is 0. The zero-order chi connectivity index (χ0) is 15.0. The van der Waals surface area contributed by atoms with Gasteiger partial charge >= 0.3 is 0 Å². The summed E-state index contributed by atoms with van der Waals surface area (Å²) in [5, 5.41) is -0.0956. The van der Waals surface area contributed by atoms with Crippen molar-refractivity contribution in [1.29, 1.82) is 0 Å². The molecule has 0 aliphatic heterocycles. The van der Waals surface area contributed by atoms with Gasteiger partial charge in [0.25, 0.3) is 0 Å². The molecule has 0 aromatic heterocycles. The minimum absolute atomic E-state index is 0.0956. The van der Waals surface area contributed by atoms with Gasteiger partial charge in [-0.2, -0.15) is 0 Å². The zero-order valence-electron chi connectivity index (χ0n) is 12.6. The summed E-state index contributed by atoms with van der Waals surface area (Å²) in [6.07, 6.45) is 0. The molecule has 0 N–H and O–H groups in total. The van der Waals surface area contributed by atoms with Crippen LogP contribution in [-0.2, 0) is 0 Å². The molecule has 0 spiro atoms. The fourth-order valence-electron chi connectivity index (χ4n) is 2.71. The predicted octanol–water partition coefficient (Wildman–Crippen LogP) is 6.32. The molecule has 0 nitrogen and oxygen atoms in total. The van der Waals surface area contributed by atoms with Crippen LogP contribution in [0, 0.1) is 34.6 Å². The van der Waals surface area contributed by atoms with Gasteiger partial charge in [-0.15, -0.1) is 11.6 Å². The van der Waals surface area contributed by atoms with E-state index < -0.39 is 0 Å². The molecular formula is C18H20BrCl. The van der Waals surface area contributed by atoms with Crippen molar-refractivity contribution >= 4 is 27.5 Å². The van der Waals surface area contributed by atoms with Gasteiger partial charge in [0, 0.05) is 4.47 Å². The van der Waals surface area contributed by atoms with Crippen LogP contribution in [0.25, 0.3) is 0 Å². The smallest absolute Gasteiger partial charge is 0.0843 e. The van der Waals surface area contributed by atoms with Crippen molar-refractivity contribution in [2.24, 2.45) is 0 Å². The number of benzene rings is 2. The second-order valence-electron chi connectivity index (χ2n) is 5.54. The van der Waals surface area contributed by atoms with E-state index in [2.05, 4.69) is 74.8 Å². The highest BCUT2D eigenvalue weighted by atomic mass is 79.9. The molecule has 0 saturated heterocycles. The predicted molar refractivity (Wildman–Crippen MR) is 92.0 cm³/mol. The molecule has 106 valence electrons. The Bertz CT molecular complexity index is 633. The second-order valence-corrected chi connectivity index (χ2v) is 6.89. The van der Waals surface area contributed by atoms with Crippen molar-refractivity contribution < 1.29 is 0 Å². The minimum atomic E-state index is -0.0956. The Hall–Kier alpha value is -0.790. The van der Waals surface area contributed by atoms with Crippen molar-refractivity contribution in [3.05, 3.63) is 67.7 Å². The van der Waals surface area contributed by atoms with Crippen LogP contribution in [0.5, 0.6) is 0 Å². The van der Waals surface area contributed by atoms with Crippen LogP contribution in [0.15, 0.2) is 28.7 Å². The number of aryl methyl sites for hydroxylation is 3. The zero-order valence-corrected chi connectivity index (χ0v) is 15.0. The molecule has 20 heavy (non-hydrogen) atoms. The third kappa shape index (κ3) is 2.80. The maximum Gasteiger partial charge on any atom is 0.0843 e. The molecule has 1 unspecified atom stereocenters. The largest absolute Gasteiger partial charge is 0.113 e. The number of rotatable bonds is 2. The van der Waals surface area contributed by atoms with E-state index in [0.717, 1.165) is 4.47 Å². The topological polar surface area (TPSA) is 0 Å². The van der Waals surface area contributed by atoms with Crippen LogP contribution in [0.4, 0.5) is 0 Å². The van der Waals surface area contributed by atoms with E-state index in [1.165, 1.54) is 38.9 Å². The Morgan fingerprint density at radius 2 is 1.40 bits per heavy atom. The van der Waals surface area contributed by atoms with E-state index in [0.29, 0.717) is 0 Å². The summed E-state index contributed by atoms with van der Waals surface area (Å²) in [5.41, 5.74) is 8.89. The van der Waals surface area contributed by atoms with E-state index in [1.54, 1.807) is 0 Å². The molecule has 2 heteroatoms. The summed E-state index contributed by atoms with van der Waals surface area (Å²) in [6, 6.07) is 8.54. The van der Waals surface area contributed by atoms with Gasteiger partial charge in [0.2, 0.25) is 0 Å². The fraction of sp³-hybridized carbons (Fsp3) is 0.333. The molecule has 0 aliphatic carbocycles. The first kappa shape index (κ1) is 15.6. The van der Waals surface area contributed by atoms with Crippen LogP contribution in [0.1, 0.15) is 44.3 Å². The molecule has 2 aromatic carbocycles. The normalized spacial score (nSPS) is 12.6. The van der Waals surface area contributed by atoms with Gasteiger partial charge in [-0.05, 0) is 85.7 Å². The van der Waals surface area contributed by atoms with Crippen LogP contribution in [0.2, 0.25) is 0 Å². The maximum absolute atomic E-state index is 6.83. The van der Waals surface area contributed by atoms with Crippen LogP contribution < -0.4 is 0 Å². The van der Waals surface area contributed by atoms with Gasteiger partial charge in [0.15, 0.2) is 0 Å². The summed E-state index contributed by atoms with van der Waals surface area (Å²) in [5.74, 6) is 0. The monoisotopic (exact) mass is 350 g/mol. The maximum atomic E-state index is 6.83. The molecule has 0 aliphatic rings. The lowest BCUT2D eigenvalue weighted by Crippen LogP contribution is -2.04. The average Bonchev–Trinajstić information content (AvgIpc) is 2.36. The van der Waals surface area contributed by atoms with Gasteiger partial charge in [0.1, 0.15) is 0 Å². The number of hydrogen-bond donors (Lipinski definition) is 0. The third-order valence-electron chi connectivity index (χ3n) is 4.18. The SMILES string of the molecule is Cc1cc(Br)ccc1C(Cl)c1c(C)c(C)cc(C)c1C. The standard InChI is InChI=1S/C18H20BrCl/c1-10-8-11(2)14(5)17(13(10)4)18(20)16-7-6-15(19)9-12(16)3/h6-9,18H,1-5H3. The third-order valence-corrected chi connectivity index (χ3v) is 5.13. The molecule has 2 aromatic rings. The molecule has 0 saturated carbocycles. The lowest BCUT2D eigenvalue weighted by atomic mass is 9.89. The van der Waals surface area contributed by atoms with Crippen molar-refractivity contribution in [3.63, 3.8) is 0 Å². The van der Waals surface area contributed by atoms with Crippen LogP contribution in [-0.4, -0.2) is 0 Å². The molecule has 0 heterocycles. The van der Waals surface area contributed by atoms with E-state index in [1.807, 2.05) is 0 Å². The highest BCUT2D eigenvalue weighted by Gasteiger charge is 2.19. The summed E-state index contributed by atoms with van der Waals surface area (Å²) < 4.78 is 1.09. The lowest BCUT2D eigenvalue weighted by molar-refractivity contribution is 1.04. The summed E-state index contributed by atoms with van der Waals surface area (Å²) in [6.45, 7) is 10.8. The number of alkyl halides is 1. The molecule has 2 rings (SSSR count). The van der Waals surface area contributed by atoms with Gasteiger partial charge in [0.05, 0.1) is 5.38 Å².